The molecular formula is C16H25N3O5S. The molecular weight excluding hydrogens is 346 g/mol. The van der Waals surface area contributed by atoms with Crippen molar-refractivity contribution in [3.8, 4) is 0 Å². The van der Waals surface area contributed by atoms with Gasteiger partial charge >= 0.3 is 6.03 Å². The molecule has 8 nitrogen and oxygen atoms in total. The second-order valence-corrected chi connectivity index (χ2v) is 10.1. The number of carbonyl (C=O) groups is 3. The summed E-state index contributed by atoms with van der Waals surface area (Å²) in [7, 11) is -3.15. The Bertz CT molecular complexity index is 721. The molecule has 2 saturated heterocycles. The van der Waals surface area contributed by atoms with Crippen molar-refractivity contribution in [2.24, 2.45) is 5.92 Å². The third kappa shape index (κ3) is 3.26. The summed E-state index contributed by atoms with van der Waals surface area (Å²) in [5.41, 5.74) is -1.73. The van der Waals surface area contributed by atoms with Gasteiger partial charge in [-0.15, -0.1) is 0 Å². The van der Waals surface area contributed by atoms with Crippen molar-refractivity contribution >= 4 is 27.7 Å². The van der Waals surface area contributed by atoms with Gasteiger partial charge in [-0.05, 0) is 32.1 Å². The number of carbonyl (C=O) groups excluding carboxylic acids is 3. The molecule has 1 spiro atoms. The third-order valence-electron chi connectivity index (χ3n) is 5.75. The molecule has 2 aliphatic heterocycles. The first-order valence-electron chi connectivity index (χ1n) is 8.72. The van der Waals surface area contributed by atoms with Crippen molar-refractivity contribution in [3.63, 3.8) is 0 Å². The van der Waals surface area contributed by atoms with Gasteiger partial charge in [0.15, 0.2) is 9.84 Å². The Balaban J connectivity index is 1.68. The Kier molecular flexibility index (Phi) is 4.33. The van der Waals surface area contributed by atoms with Crippen LogP contribution in [0.5, 0.6) is 0 Å². The van der Waals surface area contributed by atoms with Crippen LogP contribution in [0.1, 0.15) is 46.0 Å². The van der Waals surface area contributed by atoms with Crippen molar-refractivity contribution in [1.82, 2.24) is 15.5 Å². The molecule has 0 aromatic heterocycles. The quantitative estimate of drug-likeness (QED) is 0.687. The molecule has 1 saturated carbocycles. The lowest BCUT2D eigenvalue weighted by Gasteiger charge is -2.36. The largest absolute Gasteiger partial charge is 0.348 e. The minimum absolute atomic E-state index is 0.0308. The number of hydrogen-bond acceptors (Lipinski definition) is 5. The first kappa shape index (κ1) is 18.2. The normalized spacial score (nSPS) is 37.4. The van der Waals surface area contributed by atoms with Crippen molar-refractivity contribution in [1.29, 1.82) is 0 Å². The summed E-state index contributed by atoms with van der Waals surface area (Å²) in [6.45, 7) is 3.24. The molecule has 9 heteroatoms. The topological polar surface area (TPSA) is 113 Å². The molecule has 3 atom stereocenters. The Morgan fingerprint density at radius 3 is 2.64 bits per heavy atom. The number of sulfone groups is 1. The van der Waals surface area contributed by atoms with Crippen LogP contribution >= 0.6 is 0 Å². The van der Waals surface area contributed by atoms with E-state index in [2.05, 4.69) is 10.6 Å². The number of nitrogens with zero attached hydrogens (tertiary/aromatic N) is 1. The highest BCUT2D eigenvalue weighted by molar-refractivity contribution is 7.91. The van der Waals surface area contributed by atoms with Gasteiger partial charge in [0.2, 0.25) is 5.91 Å². The lowest BCUT2D eigenvalue weighted by molar-refractivity contribution is -0.137. The van der Waals surface area contributed by atoms with Crippen LogP contribution in [0.3, 0.4) is 0 Å². The van der Waals surface area contributed by atoms with E-state index in [-0.39, 0.29) is 29.9 Å². The lowest BCUT2D eigenvalue weighted by Crippen LogP contribution is -2.54. The maximum Gasteiger partial charge on any atom is 0.325 e. The van der Waals surface area contributed by atoms with Gasteiger partial charge in [0, 0.05) is 0 Å². The van der Waals surface area contributed by atoms with Crippen LogP contribution in [0.4, 0.5) is 4.79 Å². The van der Waals surface area contributed by atoms with Gasteiger partial charge in [0.05, 0.1) is 17.0 Å². The summed E-state index contributed by atoms with van der Waals surface area (Å²) in [4.78, 5) is 38.4. The first-order valence-corrected chi connectivity index (χ1v) is 10.5. The van der Waals surface area contributed by atoms with Crippen LogP contribution in [0.15, 0.2) is 0 Å². The van der Waals surface area contributed by atoms with Crippen LogP contribution in [0.25, 0.3) is 0 Å². The fraction of sp³-hybridized carbons (Fsp3) is 0.812. The molecule has 0 bridgehead atoms. The molecule has 1 aliphatic carbocycles. The maximum atomic E-state index is 12.8. The molecule has 3 aliphatic rings. The molecule has 0 radical (unpaired) electrons. The molecule has 2 N–H and O–H groups in total. The van der Waals surface area contributed by atoms with Gasteiger partial charge in [-0.25, -0.2) is 13.2 Å². The van der Waals surface area contributed by atoms with Gasteiger partial charge in [0.25, 0.3) is 5.91 Å². The zero-order chi connectivity index (χ0) is 18.5. The highest BCUT2D eigenvalue weighted by Crippen LogP contribution is 2.38. The van der Waals surface area contributed by atoms with Crippen LogP contribution in [-0.4, -0.2) is 60.3 Å². The minimum atomic E-state index is -3.15. The summed E-state index contributed by atoms with van der Waals surface area (Å²) in [6.07, 6.45) is 3.68. The number of hydrogen-bond donors (Lipinski definition) is 2. The number of nitrogens with one attached hydrogen (secondary N) is 2. The Hall–Kier alpha value is -1.64. The van der Waals surface area contributed by atoms with Gasteiger partial charge in [-0.2, -0.15) is 0 Å². The molecule has 3 rings (SSSR count). The standard InChI is InChI=1S/C16H25N3O5S/c1-11-5-3-4-6-16(11)13(21)19(14(22)18-16)9-12(20)17-15(2)7-8-25(23,24)10-15/h11H,3-10H2,1-2H3,(H,17,20)(H,18,22)/t11-,15+,16+/m1/s1. The van der Waals surface area contributed by atoms with Crippen molar-refractivity contribution in [3.05, 3.63) is 0 Å². The summed E-state index contributed by atoms with van der Waals surface area (Å²) < 4.78 is 23.3. The van der Waals surface area contributed by atoms with Gasteiger partial charge in [-0.1, -0.05) is 19.8 Å². The summed E-state index contributed by atoms with van der Waals surface area (Å²) >= 11 is 0. The van der Waals surface area contributed by atoms with E-state index < -0.39 is 32.9 Å². The average Bonchev–Trinajstić information content (AvgIpc) is 2.90. The number of urea groups is 1. The molecule has 0 aromatic rings. The number of imide groups is 1. The van der Waals surface area contributed by atoms with E-state index in [0.29, 0.717) is 12.8 Å². The van der Waals surface area contributed by atoms with E-state index >= 15 is 0 Å². The molecule has 2 heterocycles. The average molecular weight is 371 g/mol. The first-order chi connectivity index (χ1) is 11.6. The summed E-state index contributed by atoms with van der Waals surface area (Å²) in [5.74, 6) is -0.906. The molecule has 0 aromatic carbocycles. The van der Waals surface area contributed by atoms with Crippen LogP contribution < -0.4 is 10.6 Å². The monoisotopic (exact) mass is 371 g/mol. The second-order valence-electron chi connectivity index (χ2n) is 7.89. The van der Waals surface area contributed by atoms with Crippen molar-refractivity contribution in [2.45, 2.75) is 57.0 Å². The maximum absolute atomic E-state index is 12.8. The van der Waals surface area contributed by atoms with Crippen molar-refractivity contribution in [2.75, 3.05) is 18.1 Å². The van der Waals surface area contributed by atoms with E-state index in [1.807, 2.05) is 6.92 Å². The van der Waals surface area contributed by atoms with E-state index in [1.165, 1.54) is 0 Å². The summed E-state index contributed by atoms with van der Waals surface area (Å²) in [6, 6.07) is -0.543. The van der Waals surface area contributed by atoms with E-state index in [4.69, 9.17) is 0 Å². The van der Waals surface area contributed by atoms with Gasteiger partial charge < -0.3 is 10.6 Å². The van der Waals surface area contributed by atoms with Crippen molar-refractivity contribution < 1.29 is 22.8 Å². The molecule has 140 valence electrons. The van der Waals surface area contributed by atoms with Crippen LogP contribution in [0, 0.1) is 5.92 Å². The SMILES string of the molecule is C[C@@H]1CCCC[C@]12NC(=O)N(CC(=O)N[C@@]1(C)CCS(=O)(=O)C1)C2=O. The zero-order valence-corrected chi connectivity index (χ0v) is 15.4. The fourth-order valence-corrected chi connectivity index (χ4v) is 6.36. The highest BCUT2D eigenvalue weighted by Gasteiger charge is 2.55. The minimum Gasteiger partial charge on any atom is -0.348 e. The molecule has 25 heavy (non-hydrogen) atoms. The van der Waals surface area contributed by atoms with E-state index in [0.717, 1.165) is 24.2 Å². The Morgan fingerprint density at radius 2 is 2.04 bits per heavy atom. The van der Waals surface area contributed by atoms with Gasteiger partial charge in [0.1, 0.15) is 12.1 Å². The fourth-order valence-electron chi connectivity index (χ4n) is 4.27. The lowest BCUT2D eigenvalue weighted by atomic mass is 9.73. The Morgan fingerprint density at radius 1 is 1.32 bits per heavy atom. The second kappa shape index (κ2) is 5.96. The Labute approximate surface area is 147 Å². The van der Waals surface area contributed by atoms with E-state index in [1.54, 1.807) is 6.92 Å². The number of amides is 4. The third-order valence-corrected chi connectivity index (χ3v) is 7.65. The predicted molar refractivity (Wildman–Crippen MR) is 90.4 cm³/mol. The van der Waals surface area contributed by atoms with E-state index in [9.17, 15) is 22.8 Å². The summed E-state index contributed by atoms with van der Waals surface area (Å²) in [5, 5.41) is 5.49. The zero-order valence-electron chi connectivity index (χ0n) is 14.6. The highest BCUT2D eigenvalue weighted by atomic mass is 32.2. The smallest absolute Gasteiger partial charge is 0.325 e. The van der Waals surface area contributed by atoms with Crippen LogP contribution in [0.2, 0.25) is 0 Å². The number of rotatable bonds is 3. The van der Waals surface area contributed by atoms with Gasteiger partial charge in [-0.3, -0.25) is 14.5 Å². The van der Waals surface area contributed by atoms with Crippen LogP contribution in [-0.2, 0) is 19.4 Å². The molecule has 4 amide bonds. The molecule has 3 fully saturated rings. The molecule has 0 unspecified atom stereocenters. The predicted octanol–water partition coefficient (Wildman–Crippen LogP) is 0.181.